The van der Waals surface area contributed by atoms with E-state index in [9.17, 15) is 4.79 Å². The van der Waals surface area contributed by atoms with Crippen LogP contribution in [0.4, 0.5) is 0 Å². The van der Waals surface area contributed by atoms with Crippen LogP contribution in [0.15, 0.2) is 42.5 Å². The Bertz CT molecular complexity index is 821. The summed E-state index contributed by atoms with van der Waals surface area (Å²) in [6.07, 6.45) is 1.25. The number of benzene rings is 2. The van der Waals surface area contributed by atoms with Crippen LogP contribution in [0.1, 0.15) is 55.6 Å². The van der Waals surface area contributed by atoms with Gasteiger partial charge in [-0.2, -0.15) is 0 Å². The molecule has 0 aliphatic heterocycles. The molecule has 0 aromatic heterocycles. The molecule has 2 N–H and O–H groups in total. The van der Waals surface area contributed by atoms with Crippen LogP contribution in [0.25, 0.3) is 11.1 Å². The molecule has 136 valence electrons. The van der Waals surface area contributed by atoms with Crippen molar-refractivity contribution in [1.82, 2.24) is 0 Å². The number of hydrogen-bond donors (Lipinski definition) is 2. The molecule has 0 bridgehead atoms. The number of hydrogen-bond acceptors (Lipinski definition) is 4. The quantitative estimate of drug-likeness (QED) is 0.411. The molecule has 0 saturated heterocycles. The lowest BCUT2D eigenvalue weighted by Gasteiger charge is -2.15. The summed E-state index contributed by atoms with van der Waals surface area (Å²) < 4.78 is 5.17. The summed E-state index contributed by atoms with van der Waals surface area (Å²) >= 11 is 0. The maximum atomic E-state index is 12.8. The summed E-state index contributed by atoms with van der Waals surface area (Å²) in [5.74, 6) is 0.111. The third-order valence-corrected chi connectivity index (χ3v) is 4.31. The zero-order chi connectivity index (χ0) is 19.3. The molecule has 2 aromatic rings. The van der Waals surface area contributed by atoms with E-state index in [1.54, 1.807) is 12.1 Å². The first-order chi connectivity index (χ1) is 12.4. The SMILES string of the molecule is CCC(=N)OC(=N)c1ccc(-c2cccc(CC)c2C(=O)C(C)C)cc1. The highest BCUT2D eigenvalue weighted by molar-refractivity contribution is 6.05. The Balaban J connectivity index is 2.42. The van der Waals surface area contributed by atoms with Gasteiger partial charge in [0.05, 0.1) is 0 Å². The van der Waals surface area contributed by atoms with Crippen LogP contribution in [0, 0.1) is 16.7 Å². The standard InChI is InChI=1S/C22H26N2O2/c1-5-15-8-7-9-18(20(15)21(25)14(3)4)16-10-12-17(13-11-16)22(24)26-19(23)6-2/h7-14,23-24H,5-6H2,1-4H3. The van der Waals surface area contributed by atoms with Gasteiger partial charge in [-0.05, 0) is 35.2 Å². The largest absolute Gasteiger partial charge is 0.425 e. The Morgan fingerprint density at radius 1 is 1.04 bits per heavy atom. The number of ketones is 1. The Hall–Kier alpha value is -2.75. The minimum absolute atomic E-state index is 0.0378. The zero-order valence-electron chi connectivity index (χ0n) is 15.8. The molecule has 0 amide bonds. The van der Waals surface area contributed by atoms with Crippen molar-refractivity contribution in [3.8, 4) is 11.1 Å². The fourth-order valence-electron chi connectivity index (χ4n) is 2.77. The van der Waals surface area contributed by atoms with Crippen LogP contribution in [0.3, 0.4) is 0 Å². The number of Topliss-reactive ketones (excluding diaryl/α,β-unsaturated/α-hetero) is 1. The molecular weight excluding hydrogens is 324 g/mol. The topological polar surface area (TPSA) is 74.0 Å². The van der Waals surface area contributed by atoms with Gasteiger partial charge in [-0.15, -0.1) is 0 Å². The summed E-state index contributed by atoms with van der Waals surface area (Å²) in [5.41, 5.74) is 4.31. The molecule has 0 heterocycles. The summed E-state index contributed by atoms with van der Waals surface area (Å²) in [6.45, 7) is 7.71. The minimum Gasteiger partial charge on any atom is -0.425 e. The Morgan fingerprint density at radius 2 is 1.69 bits per heavy atom. The number of ether oxygens (including phenoxy) is 1. The number of rotatable bonds is 6. The molecule has 0 saturated carbocycles. The van der Waals surface area contributed by atoms with Gasteiger partial charge in [-0.3, -0.25) is 15.6 Å². The van der Waals surface area contributed by atoms with Crippen molar-refractivity contribution in [2.24, 2.45) is 5.92 Å². The summed E-state index contributed by atoms with van der Waals surface area (Å²) in [5, 5.41) is 15.5. The molecule has 0 radical (unpaired) electrons. The second-order valence-corrected chi connectivity index (χ2v) is 6.50. The third-order valence-electron chi connectivity index (χ3n) is 4.31. The van der Waals surface area contributed by atoms with E-state index < -0.39 is 0 Å². The molecule has 2 rings (SSSR count). The highest BCUT2D eigenvalue weighted by Crippen LogP contribution is 2.29. The number of carbonyl (C=O) groups excluding carboxylic acids is 1. The lowest BCUT2D eigenvalue weighted by atomic mass is 9.88. The third kappa shape index (κ3) is 4.26. The first-order valence-electron chi connectivity index (χ1n) is 8.99. The van der Waals surface area contributed by atoms with Gasteiger partial charge in [0.1, 0.15) is 0 Å². The average molecular weight is 350 g/mol. The van der Waals surface area contributed by atoms with E-state index in [0.29, 0.717) is 12.0 Å². The average Bonchev–Trinajstić information content (AvgIpc) is 2.66. The molecule has 26 heavy (non-hydrogen) atoms. The molecule has 4 heteroatoms. The van der Waals surface area contributed by atoms with Crippen LogP contribution < -0.4 is 0 Å². The molecule has 0 unspecified atom stereocenters. The van der Waals surface area contributed by atoms with Crippen molar-refractivity contribution < 1.29 is 9.53 Å². The molecule has 0 spiro atoms. The molecule has 4 nitrogen and oxygen atoms in total. The van der Waals surface area contributed by atoms with Crippen LogP contribution in [0.5, 0.6) is 0 Å². The Kier molecular flexibility index (Phi) is 6.45. The smallest absolute Gasteiger partial charge is 0.220 e. The molecule has 2 aromatic carbocycles. The van der Waals surface area contributed by atoms with E-state index in [0.717, 1.165) is 28.7 Å². The Morgan fingerprint density at radius 3 is 2.23 bits per heavy atom. The lowest BCUT2D eigenvalue weighted by molar-refractivity contribution is 0.0939. The van der Waals surface area contributed by atoms with Crippen molar-refractivity contribution in [3.63, 3.8) is 0 Å². The maximum absolute atomic E-state index is 12.8. The summed E-state index contributed by atoms with van der Waals surface area (Å²) in [6, 6.07) is 13.3. The lowest BCUT2D eigenvalue weighted by Crippen LogP contribution is -2.12. The fraction of sp³-hybridized carbons (Fsp3) is 0.318. The number of carbonyl (C=O) groups is 1. The molecular formula is C22H26N2O2. The van der Waals surface area contributed by atoms with E-state index in [1.807, 2.05) is 51.1 Å². The van der Waals surface area contributed by atoms with E-state index >= 15 is 0 Å². The number of aryl methyl sites for hydroxylation is 1. The van der Waals surface area contributed by atoms with Crippen molar-refractivity contribution in [3.05, 3.63) is 59.2 Å². The van der Waals surface area contributed by atoms with Gasteiger partial charge in [0, 0.05) is 23.5 Å². The van der Waals surface area contributed by atoms with E-state index in [-0.39, 0.29) is 23.5 Å². The summed E-state index contributed by atoms with van der Waals surface area (Å²) in [4.78, 5) is 12.8. The van der Waals surface area contributed by atoms with Crippen molar-refractivity contribution in [1.29, 1.82) is 10.8 Å². The fourth-order valence-corrected chi connectivity index (χ4v) is 2.77. The Labute approximate surface area is 155 Å². The van der Waals surface area contributed by atoms with Gasteiger partial charge in [-0.25, -0.2) is 0 Å². The van der Waals surface area contributed by atoms with Crippen LogP contribution in [0.2, 0.25) is 0 Å². The minimum atomic E-state index is -0.0673. The van der Waals surface area contributed by atoms with Crippen molar-refractivity contribution in [2.45, 2.75) is 40.5 Å². The van der Waals surface area contributed by atoms with Gasteiger partial charge in [0.2, 0.25) is 5.90 Å². The second kappa shape index (κ2) is 8.56. The van der Waals surface area contributed by atoms with Gasteiger partial charge in [0.15, 0.2) is 11.7 Å². The van der Waals surface area contributed by atoms with Crippen LogP contribution >= 0.6 is 0 Å². The summed E-state index contributed by atoms with van der Waals surface area (Å²) in [7, 11) is 0. The second-order valence-electron chi connectivity index (χ2n) is 6.50. The molecule has 0 fully saturated rings. The van der Waals surface area contributed by atoms with Crippen molar-refractivity contribution in [2.75, 3.05) is 0 Å². The van der Waals surface area contributed by atoms with Gasteiger partial charge < -0.3 is 4.74 Å². The van der Waals surface area contributed by atoms with Gasteiger partial charge >= 0.3 is 0 Å². The predicted molar refractivity (Wildman–Crippen MR) is 106 cm³/mol. The molecule has 0 aliphatic carbocycles. The van der Waals surface area contributed by atoms with Crippen LogP contribution in [-0.4, -0.2) is 17.6 Å². The molecule has 0 atom stereocenters. The van der Waals surface area contributed by atoms with Crippen molar-refractivity contribution >= 4 is 17.6 Å². The first-order valence-corrected chi connectivity index (χ1v) is 8.99. The first kappa shape index (κ1) is 19.6. The maximum Gasteiger partial charge on any atom is 0.220 e. The highest BCUT2D eigenvalue weighted by Gasteiger charge is 2.19. The van der Waals surface area contributed by atoms with E-state index in [1.165, 1.54) is 0 Å². The predicted octanol–water partition coefficient (Wildman–Crippen LogP) is 5.48. The molecule has 0 aliphatic rings. The zero-order valence-corrected chi connectivity index (χ0v) is 15.8. The van der Waals surface area contributed by atoms with Gasteiger partial charge in [-0.1, -0.05) is 58.0 Å². The van der Waals surface area contributed by atoms with Gasteiger partial charge in [0.25, 0.3) is 0 Å². The number of nitrogens with one attached hydrogen (secondary N) is 2. The normalized spacial score (nSPS) is 10.7. The monoisotopic (exact) mass is 350 g/mol. The van der Waals surface area contributed by atoms with E-state index in [4.69, 9.17) is 15.6 Å². The van der Waals surface area contributed by atoms with Crippen LogP contribution in [-0.2, 0) is 11.2 Å². The highest BCUT2D eigenvalue weighted by atomic mass is 16.5. The van der Waals surface area contributed by atoms with E-state index in [2.05, 4.69) is 6.92 Å².